The van der Waals surface area contributed by atoms with Gasteiger partial charge in [0.25, 0.3) is 0 Å². The third-order valence-electron chi connectivity index (χ3n) is 3.62. The SMILES string of the molecule is CC(C)COc1ccc(CC(=O)NCC(O)c2ccc(F)cc2)cc1. The van der Waals surface area contributed by atoms with Crippen LogP contribution in [0.2, 0.25) is 0 Å². The molecule has 0 spiro atoms. The molecule has 0 heterocycles. The molecule has 0 aliphatic rings. The van der Waals surface area contributed by atoms with Crippen LogP contribution in [0.4, 0.5) is 4.39 Å². The Bertz CT molecular complexity index is 668. The van der Waals surface area contributed by atoms with Gasteiger partial charge in [0, 0.05) is 6.54 Å². The van der Waals surface area contributed by atoms with Gasteiger partial charge in [-0.05, 0) is 41.3 Å². The highest BCUT2D eigenvalue weighted by molar-refractivity contribution is 5.78. The first kappa shape index (κ1) is 18.9. The number of ether oxygens (including phenoxy) is 1. The Kier molecular flexibility index (Phi) is 6.95. The van der Waals surface area contributed by atoms with Gasteiger partial charge in [0.2, 0.25) is 5.91 Å². The average molecular weight is 345 g/mol. The van der Waals surface area contributed by atoms with Crippen molar-refractivity contribution in [3.8, 4) is 5.75 Å². The predicted octanol–water partition coefficient (Wildman–Crippen LogP) is 3.25. The summed E-state index contributed by atoms with van der Waals surface area (Å²) in [5.74, 6) is 0.695. The zero-order chi connectivity index (χ0) is 18.2. The smallest absolute Gasteiger partial charge is 0.224 e. The zero-order valence-electron chi connectivity index (χ0n) is 14.5. The van der Waals surface area contributed by atoms with Crippen molar-refractivity contribution in [3.05, 3.63) is 65.5 Å². The molecule has 0 radical (unpaired) electrons. The summed E-state index contributed by atoms with van der Waals surface area (Å²) in [4.78, 5) is 12.0. The van der Waals surface area contributed by atoms with E-state index >= 15 is 0 Å². The summed E-state index contributed by atoms with van der Waals surface area (Å²) in [6, 6.07) is 13.0. The van der Waals surface area contributed by atoms with Crippen LogP contribution in [-0.4, -0.2) is 24.2 Å². The third-order valence-corrected chi connectivity index (χ3v) is 3.62. The summed E-state index contributed by atoms with van der Waals surface area (Å²) in [5, 5.41) is 12.7. The van der Waals surface area contributed by atoms with Crippen LogP contribution in [0.1, 0.15) is 31.1 Å². The molecule has 1 atom stereocenters. The maximum absolute atomic E-state index is 12.9. The molecule has 1 unspecified atom stereocenters. The van der Waals surface area contributed by atoms with E-state index in [0.29, 0.717) is 18.1 Å². The topological polar surface area (TPSA) is 58.6 Å². The van der Waals surface area contributed by atoms with Crippen LogP contribution in [-0.2, 0) is 11.2 Å². The number of hydrogen-bond donors (Lipinski definition) is 2. The molecule has 0 bridgehead atoms. The first-order valence-corrected chi connectivity index (χ1v) is 8.36. The van der Waals surface area contributed by atoms with Crippen LogP contribution in [0.25, 0.3) is 0 Å². The number of aliphatic hydroxyl groups excluding tert-OH is 1. The van der Waals surface area contributed by atoms with Crippen molar-refractivity contribution in [2.24, 2.45) is 5.92 Å². The summed E-state index contributed by atoms with van der Waals surface area (Å²) >= 11 is 0. The Balaban J connectivity index is 1.78. The molecule has 0 saturated carbocycles. The van der Waals surface area contributed by atoms with Gasteiger partial charge >= 0.3 is 0 Å². The minimum Gasteiger partial charge on any atom is -0.493 e. The standard InChI is InChI=1S/C20H24FNO3/c1-14(2)13-25-18-9-3-15(4-10-18)11-20(24)22-12-19(23)16-5-7-17(21)8-6-16/h3-10,14,19,23H,11-13H2,1-2H3,(H,22,24). The van der Waals surface area contributed by atoms with Crippen molar-refractivity contribution in [2.75, 3.05) is 13.2 Å². The average Bonchev–Trinajstić information content (AvgIpc) is 2.59. The van der Waals surface area contributed by atoms with Crippen LogP contribution < -0.4 is 10.1 Å². The molecule has 0 aliphatic heterocycles. The van der Waals surface area contributed by atoms with Gasteiger partial charge in [-0.15, -0.1) is 0 Å². The van der Waals surface area contributed by atoms with E-state index in [1.807, 2.05) is 24.3 Å². The van der Waals surface area contributed by atoms with Gasteiger partial charge in [-0.2, -0.15) is 0 Å². The first-order chi connectivity index (χ1) is 11.9. The van der Waals surface area contributed by atoms with Gasteiger partial charge in [-0.3, -0.25) is 4.79 Å². The lowest BCUT2D eigenvalue weighted by Crippen LogP contribution is -2.29. The second kappa shape index (κ2) is 9.18. The van der Waals surface area contributed by atoms with E-state index in [9.17, 15) is 14.3 Å². The molecule has 2 aromatic carbocycles. The summed E-state index contributed by atoms with van der Waals surface area (Å²) < 4.78 is 18.5. The van der Waals surface area contributed by atoms with Crippen LogP contribution >= 0.6 is 0 Å². The van der Waals surface area contributed by atoms with Crippen molar-refractivity contribution >= 4 is 5.91 Å². The maximum Gasteiger partial charge on any atom is 0.224 e. The number of carbonyl (C=O) groups is 1. The lowest BCUT2D eigenvalue weighted by Gasteiger charge is -2.12. The quantitative estimate of drug-likeness (QED) is 0.772. The van der Waals surface area contributed by atoms with E-state index in [4.69, 9.17) is 4.74 Å². The van der Waals surface area contributed by atoms with Crippen molar-refractivity contribution < 1.29 is 19.0 Å². The van der Waals surface area contributed by atoms with Crippen LogP contribution in [0.15, 0.2) is 48.5 Å². The molecule has 1 amide bonds. The second-order valence-electron chi connectivity index (χ2n) is 6.40. The van der Waals surface area contributed by atoms with E-state index in [-0.39, 0.29) is 24.7 Å². The van der Waals surface area contributed by atoms with Crippen molar-refractivity contribution in [1.82, 2.24) is 5.32 Å². The molecule has 0 aromatic heterocycles. The Morgan fingerprint density at radius 3 is 2.36 bits per heavy atom. The summed E-state index contributed by atoms with van der Waals surface area (Å²) in [6.45, 7) is 4.90. The van der Waals surface area contributed by atoms with Gasteiger partial charge in [0.15, 0.2) is 0 Å². The molecule has 5 heteroatoms. The Hall–Kier alpha value is -2.40. The third kappa shape index (κ3) is 6.55. The Morgan fingerprint density at radius 2 is 1.76 bits per heavy atom. The highest BCUT2D eigenvalue weighted by atomic mass is 19.1. The lowest BCUT2D eigenvalue weighted by molar-refractivity contribution is -0.120. The van der Waals surface area contributed by atoms with Gasteiger partial charge < -0.3 is 15.2 Å². The van der Waals surface area contributed by atoms with E-state index in [2.05, 4.69) is 19.2 Å². The number of amides is 1. The van der Waals surface area contributed by atoms with Crippen molar-refractivity contribution in [3.63, 3.8) is 0 Å². The zero-order valence-corrected chi connectivity index (χ0v) is 14.5. The summed E-state index contributed by atoms with van der Waals surface area (Å²) in [5.41, 5.74) is 1.43. The van der Waals surface area contributed by atoms with E-state index in [1.54, 1.807) is 0 Å². The van der Waals surface area contributed by atoms with Crippen LogP contribution in [0.5, 0.6) is 5.75 Å². The maximum atomic E-state index is 12.9. The molecule has 0 fully saturated rings. The van der Waals surface area contributed by atoms with E-state index < -0.39 is 6.10 Å². The minimum atomic E-state index is -0.864. The molecule has 0 saturated heterocycles. The first-order valence-electron chi connectivity index (χ1n) is 8.36. The number of halogens is 1. The monoisotopic (exact) mass is 345 g/mol. The fraction of sp³-hybridized carbons (Fsp3) is 0.350. The van der Waals surface area contributed by atoms with E-state index in [1.165, 1.54) is 24.3 Å². The lowest BCUT2D eigenvalue weighted by atomic mass is 10.1. The van der Waals surface area contributed by atoms with Gasteiger partial charge in [-0.25, -0.2) is 4.39 Å². The molecule has 4 nitrogen and oxygen atoms in total. The number of carbonyl (C=O) groups excluding carboxylic acids is 1. The van der Waals surface area contributed by atoms with Crippen molar-refractivity contribution in [2.45, 2.75) is 26.4 Å². The number of benzene rings is 2. The van der Waals surface area contributed by atoms with Crippen LogP contribution in [0.3, 0.4) is 0 Å². The molecule has 0 aliphatic carbocycles. The molecule has 2 N–H and O–H groups in total. The van der Waals surface area contributed by atoms with Gasteiger partial charge in [-0.1, -0.05) is 38.1 Å². The molecule has 2 rings (SSSR count). The molecule has 134 valence electrons. The number of hydrogen-bond acceptors (Lipinski definition) is 3. The molecular weight excluding hydrogens is 321 g/mol. The number of rotatable bonds is 8. The van der Waals surface area contributed by atoms with Crippen LogP contribution in [0, 0.1) is 11.7 Å². The van der Waals surface area contributed by atoms with Gasteiger partial charge in [0.1, 0.15) is 11.6 Å². The Morgan fingerprint density at radius 1 is 1.12 bits per heavy atom. The second-order valence-corrected chi connectivity index (χ2v) is 6.40. The molecular formula is C20H24FNO3. The molecule has 2 aromatic rings. The summed E-state index contributed by atoms with van der Waals surface area (Å²) in [7, 11) is 0. The summed E-state index contributed by atoms with van der Waals surface area (Å²) in [6.07, 6.45) is -0.642. The normalized spacial score (nSPS) is 12.0. The predicted molar refractivity (Wildman–Crippen MR) is 94.8 cm³/mol. The van der Waals surface area contributed by atoms with E-state index in [0.717, 1.165) is 11.3 Å². The Labute approximate surface area is 147 Å². The number of aliphatic hydroxyl groups is 1. The molecule has 25 heavy (non-hydrogen) atoms. The largest absolute Gasteiger partial charge is 0.493 e. The van der Waals surface area contributed by atoms with Gasteiger partial charge in [0.05, 0.1) is 19.1 Å². The fourth-order valence-electron chi connectivity index (χ4n) is 2.23. The highest BCUT2D eigenvalue weighted by Gasteiger charge is 2.10. The fourth-order valence-corrected chi connectivity index (χ4v) is 2.23. The minimum absolute atomic E-state index is 0.0834. The van der Waals surface area contributed by atoms with Crippen molar-refractivity contribution in [1.29, 1.82) is 0 Å². The number of nitrogens with one attached hydrogen (secondary N) is 1. The highest BCUT2D eigenvalue weighted by Crippen LogP contribution is 2.14.